The summed E-state index contributed by atoms with van der Waals surface area (Å²) in [6.45, 7) is 2.67. The van der Waals surface area contributed by atoms with Crippen molar-refractivity contribution < 1.29 is 23.8 Å². The SMILES string of the molecule is CC1(C)C(/C=C\C(=O)OCCF)C1C(=O)O. The minimum atomic E-state index is -0.864. The van der Waals surface area contributed by atoms with Crippen LogP contribution in [0.2, 0.25) is 0 Å². The van der Waals surface area contributed by atoms with Gasteiger partial charge >= 0.3 is 11.9 Å². The summed E-state index contributed by atoms with van der Waals surface area (Å²) in [5, 5.41) is 8.87. The van der Waals surface area contributed by atoms with Crippen LogP contribution in [0.4, 0.5) is 4.39 Å². The standard InChI is InChI=1S/C11H15FO4/c1-11(2)7(9(11)10(14)15)3-4-8(13)16-6-5-12/h3-4,7,9H,5-6H2,1-2H3,(H,14,15)/b4-3-. The average molecular weight is 230 g/mol. The molecule has 1 saturated carbocycles. The molecule has 0 amide bonds. The van der Waals surface area contributed by atoms with Gasteiger partial charge in [-0.3, -0.25) is 4.79 Å². The molecule has 0 aromatic carbocycles. The number of allylic oxidation sites excluding steroid dienone is 1. The molecule has 1 rings (SSSR count). The van der Waals surface area contributed by atoms with Crippen LogP contribution in [0, 0.1) is 17.3 Å². The lowest BCUT2D eigenvalue weighted by atomic mass is 10.1. The molecule has 1 fully saturated rings. The van der Waals surface area contributed by atoms with Crippen molar-refractivity contribution in [2.75, 3.05) is 13.3 Å². The second kappa shape index (κ2) is 4.63. The van der Waals surface area contributed by atoms with Crippen molar-refractivity contribution >= 4 is 11.9 Å². The first-order chi connectivity index (χ1) is 7.41. The Bertz CT molecular complexity index is 322. The maximum absolute atomic E-state index is 11.7. The number of aliphatic carboxylic acids is 1. The molecule has 0 bridgehead atoms. The predicted octanol–water partition coefficient (Wildman–Crippen LogP) is 1.41. The van der Waals surface area contributed by atoms with Gasteiger partial charge in [0, 0.05) is 6.08 Å². The van der Waals surface area contributed by atoms with Gasteiger partial charge in [0.15, 0.2) is 0 Å². The van der Waals surface area contributed by atoms with Crippen LogP contribution in [-0.2, 0) is 14.3 Å². The number of alkyl halides is 1. The fraction of sp³-hybridized carbons (Fsp3) is 0.636. The Kier molecular flexibility index (Phi) is 3.67. The number of rotatable bonds is 5. The number of esters is 1. The Morgan fingerprint density at radius 2 is 2.12 bits per heavy atom. The van der Waals surface area contributed by atoms with Gasteiger partial charge in [-0.05, 0) is 11.3 Å². The number of carbonyl (C=O) groups excluding carboxylic acids is 1. The zero-order valence-corrected chi connectivity index (χ0v) is 9.27. The van der Waals surface area contributed by atoms with Gasteiger partial charge in [0.1, 0.15) is 13.3 Å². The monoisotopic (exact) mass is 230 g/mol. The van der Waals surface area contributed by atoms with E-state index >= 15 is 0 Å². The lowest BCUT2D eigenvalue weighted by Crippen LogP contribution is -2.04. The third kappa shape index (κ3) is 2.59. The maximum atomic E-state index is 11.7. The zero-order chi connectivity index (χ0) is 12.3. The molecule has 0 aromatic heterocycles. The van der Waals surface area contributed by atoms with E-state index in [1.807, 2.05) is 13.8 Å². The number of halogens is 1. The smallest absolute Gasteiger partial charge is 0.330 e. The Labute approximate surface area is 93.1 Å². The Morgan fingerprint density at radius 1 is 1.50 bits per heavy atom. The van der Waals surface area contributed by atoms with Gasteiger partial charge in [-0.2, -0.15) is 0 Å². The highest BCUT2D eigenvalue weighted by atomic mass is 19.1. The fourth-order valence-electron chi connectivity index (χ4n) is 1.88. The lowest BCUT2D eigenvalue weighted by Gasteiger charge is -1.97. The van der Waals surface area contributed by atoms with Crippen molar-refractivity contribution in [2.24, 2.45) is 17.3 Å². The van der Waals surface area contributed by atoms with Crippen LogP contribution in [0.25, 0.3) is 0 Å². The normalized spacial score (nSPS) is 26.7. The summed E-state index contributed by atoms with van der Waals surface area (Å²) in [7, 11) is 0. The maximum Gasteiger partial charge on any atom is 0.330 e. The van der Waals surface area contributed by atoms with Gasteiger partial charge in [-0.1, -0.05) is 19.9 Å². The molecule has 0 heterocycles. The molecular formula is C11H15FO4. The molecule has 0 radical (unpaired) electrons. The number of hydrogen-bond acceptors (Lipinski definition) is 3. The fourth-order valence-corrected chi connectivity index (χ4v) is 1.88. The molecule has 0 aliphatic heterocycles. The zero-order valence-electron chi connectivity index (χ0n) is 9.27. The van der Waals surface area contributed by atoms with E-state index in [4.69, 9.17) is 5.11 Å². The quantitative estimate of drug-likeness (QED) is 0.573. The first kappa shape index (κ1) is 12.7. The summed E-state index contributed by atoms with van der Waals surface area (Å²) >= 11 is 0. The molecule has 0 aromatic rings. The van der Waals surface area contributed by atoms with Crippen molar-refractivity contribution in [1.82, 2.24) is 0 Å². The van der Waals surface area contributed by atoms with E-state index in [1.54, 1.807) is 0 Å². The number of carboxylic acids is 1. The van der Waals surface area contributed by atoms with E-state index in [0.29, 0.717) is 0 Å². The van der Waals surface area contributed by atoms with Gasteiger partial charge in [0.05, 0.1) is 5.92 Å². The summed E-state index contributed by atoms with van der Waals surface area (Å²) in [6, 6.07) is 0. The summed E-state index contributed by atoms with van der Waals surface area (Å²) in [6.07, 6.45) is 2.70. The van der Waals surface area contributed by atoms with Crippen LogP contribution in [0.5, 0.6) is 0 Å². The summed E-state index contributed by atoms with van der Waals surface area (Å²) < 4.78 is 16.2. The summed E-state index contributed by atoms with van der Waals surface area (Å²) in [5.41, 5.74) is -0.331. The first-order valence-corrected chi connectivity index (χ1v) is 5.05. The minimum absolute atomic E-state index is 0.164. The second-order valence-electron chi connectivity index (χ2n) is 4.38. The number of carbonyl (C=O) groups is 2. The van der Waals surface area contributed by atoms with Crippen molar-refractivity contribution in [2.45, 2.75) is 13.8 Å². The van der Waals surface area contributed by atoms with E-state index in [-0.39, 0.29) is 17.9 Å². The molecule has 2 atom stereocenters. The van der Waals surface area contributed by atoms with Crippen molar-refractivity contribution in [3.63, 3.8) is 0 Å². The molecule has 2 unspecified atom stereocenters. The van der Waals surface area contributed by atoms with E-state index in [2.05, 4.69) is 4.74 Å². The molecule has 1 aliphatic rings. The molecule has 0 spiro atoms. The molecule has 1 aliphatic carbocycles. The molecule has 0 saturated heterocycles. The van der Waals surface area contributed by atoms with Gasteiger partial charge < -0.3 is 9.84 Å². The topological polar surface area (TPSA) is 63.6 Å². The predicted molar refractivity (Wildman–Crippen MR) is 54.5 cm³/mol. The van der Waals surface area contributed by atoms with Crippen LogP contribution in [0.1, 0.15) is 13.8 Å². The molecule has 5 heteroatoms. The van der Waals surface area contributed by atoms with E-state index in [9.17, 15) is 14.0 Å². The largest absolute Gasteiger partial charge is 0.481 e. The van der Waals surface area contributed by atoms with Crippen LogP contribution in [0.3, 0.4) is 0 Å². The third-order valence-electron chi connectivity index (χ3n) is 2.94. The van der Waals surface area contributed by atoms with Crippen molar-refractivity contribution in [1.29, 1.82) is 0 Å². The van der Waals surface area contributed by atoms with Gasteiger partial charge in [0.25, 0.3) is 0 Å². The number of hydrogen-bond donors (Lipinski definition) is 1. The van der Waals surface area contributed by atoms with Gasteiger partial charge in [-0.25, -0.2) is 9.18 Å². The summed E-state index contributed by atoms with van der Waals surface area (Å²) in [5.74, 6) is -2.12. The Balaban J connectivity index is 2.47. The van der Waals surface area contributed by atoms with E-state index < -0.39 is 24.5 Å². The Hall–Kier alpha value is -1.39. The van der Waals surface area contributed by atoms with Gasteiger partial charge in [-0.15, -0.1) is 0 Å². The highest BCUT2D eigenvalue weighted by molar-refractivity contribution is 5.83. The van der Waals surface area contributed by atoms with Crippen LogP contribution >= 0.6 is 0 Å². The molecular weight excluding hydrogens is 215 g/mol. The van der Waals surface area contributed by atoms with Crippen LogP contribution in [-0.4, -0.2) is 30.3 Å². The van der Waals surface area contributed by atoms with E-state index in [0.717, 1.165) is 0 Å². The molecule has 4 nitrogen and oxygen atoms in total. The van der Waals surface area contributed by atoms with Crippen LogP contribution in [0.15, 0.2) is 12.2 Å². The second-order valence-corrected chi connectivity index (χ2v) is 4.38. The molecule has 90 valence electrons. The van der Waals surface area contributed by atoms with E-state index in [1.165, 1.54) is 12.2 Å². The van der Waals surface area contributed by atoms with Crippen molar-refractivity contribution in [3.8, 4) is 0 Å². The third-order valence-corrected chi connectivity index (χ3v) is 2.94. The minimum Gasteiger partial charge on any atom is -0.481 e. The highest BCUT2D eigenvalue weighted by Crippen LogP contribution is 2.58. The van der Waals surface area contributed by atoms with Crippen molar-refractivity contribution in [3.05, 3.63) is 12.2 Å². The van der Waals surface area contributed by atoms with Gasteiger partial charge in [0.2, 0.25) is 0 Å². The average Bonchev–Trinajstić information content (AvgIpc) is 2.74. The Morgan fingerprint density at radius 3 is 2.56 bits per heavy atom. The lowest BCUT2D eigenvalue weighted by molar-refractivity contribution is -0.140. The number of carboxylic acid groups (broad SMARTS) is 1. The van der Waals surface area contributed by atoms with Crippen LogP contribution < -0.4 is 0 Å². The molecule has 16 heavy (non-hydrogen) atoms. The highest BCUT2D eigenvalue weighted by Gasteiger charge is 2.60. The number of ether oxygens (including phenoxy) is 1. The molecule has 1 N–H and O–H groups in total. The first-order valence-electron chi connectivity index (χ1n) is 5.05. The summed E-state index contributed by atoms with van der Waals surface area (Å²) in [4.78, 5) is 21.8.